The van der Waals surface area contributed by atoms with Crippen LogP contribution in [0.25, 0.3) is 10.9 Å². The van der Waals surface area contributed by atoms with E-state index in [-0.39, 0.29) is 29.8 Å². The van der Waals surface area contributed by atoms with Gasteiger partial charge in [-0.25, -0.2) is 4.98 Å². The van der Waals surface area contributed by atoms with E-state index < -0.39 is 0 Å². The van der Waals surface area contributed by atoms with Crippen LogP contribution in [0.5, 0.6) is 5.75 Å². The predicted molar refractivity (Wildman–Crippen MR) is 133 cm³/mol. The van der Waals surface area contributed by atoms with Crippen LogP contribution >= 0.6 is 11.6 Å². The van der Waals surface area contributed by atoms with Crippen LogP contribution in [0.3, 0.4) is 0 Å². The van der Waals surface area contributed by atoms with Crippen LogP contribution in [0.1, 0.15) is 27.2 Å². The summed E-state index contributed by atoms with van der Waals surface area (Å²) >= 11 is 6.38. The second-order valence-electron chi connectivity index (χ2n) is 8.13. The number of nitrogens with one attached hydrogen (secondary N) is 1. The van der Waals surface area contributed by atoms with Crippen molar-refractivity contribution in [2.24, 2.45) is 0 Å². The molecule has 3 aromatic rings. The van der Waals surface area contributed by atoms with Crippen LogP contribution in [0.15, 0.2) is 35.3 Å². The third-order valence-electron chi connectivity index (χ3n) is 5.68. The molecular weight excluding hydrogens is 458 g/mol. The molecule has 1 aliphatic rings. The van der Waals surface area contributed by atoms with Gasteiger partial charge in [0.25, 0.3) is 5.56 Å². The number of Topliss-reactive ketones (excluding diaryl/α,β-unsaturated/α-hetero) is 1. The number of carbonyl (C=O) groups excluding carboxylic acids is 1. The Kier molecular flexibility index (Phi) is 7.33. The van der Waals surface area contributed by atoms with Gasteiger partial charge in [-0.2, -0.15) is 4.98 Å². The van der Waals surface area contributed by atoms with Crippen molar-refractivity contribution < 1.29 is 14.3 Å². The summed E-state index contributed by atoms with van der Waals surface area (Å²) in [5, 5.41) is 4.45. The highest BCUT2D eigenvalue weighted by atomic mass is 35.5. The van der Waals surface area contributed by atoms with Crippen LogP contribution in [-0.4, -0.2) is 52.7 Å². The SMILES string of the molecule is CCC(=O)COc1cc2cc(Nc3nc(N4CCOC(C)C4)ncc3Cl)ccc2n(CC)c1=O. The number of pyridine rings is 1. The number of hydrogen-bond donors (Lipinski definition) is 1. The monoisotopic (exact) mass is 485 g/mol. The van der Waals surface area contributed by atoms with E-state index in [1.54, 1.807) is 23.8 Å². The van der Waals surface area contributed by atoms with E-state index in [1.807, 2.05) is 32.0 Å². The molecule has 1 unspecified atom stereocenters. The standard InChI is InChI=1S/C24H28ClN5O4/c1-4-18(31)14-34-21-11-16-10-17(6-7-20(16)30(5-2)23(21)32)27-22-19(25)12-26-24(28-22)29-8-9-33-15(3)13-29/h6-7,10-12,15H,4-5,8-9,13-14H2,1-3H3,(H,26,27,28). The summed E-state index contributed by atoms with van der Waals surface area (Å²) < 4.78 is 12.8. The lowest BCUT2D eigenvalue weighted by atomic mass is 10.1. The van der Waals surface area contributed by atoms with Gasteiger partial charge in [-0.1, -0.05) is 18.5 Å². The van der Waals surface area contributed by atoms with Gasteiger partial charge in [-0.15, -0.1) is 0 Å². The number of carbonyl (C=O) groups is 1. The van der Waals surface area contributed by atoms with Crippen LogP contribution in [-0.2, 0) is 16.1 Å². The van der Waals surface area contributed by atoms with Gasteiger partial charge in [0.2, 0.25) is 5.95 Å². The van der Waals surface area contributed by atoms with Gasteiger partial charge >= 0.3 is 0 Å². The minimum Gasteiger partial charge on any atom is -0.480 e. The number of anilines is 3. The van der Waals surface area contributed by atoms with E-state index in [0.29, 0.717) is 49.5 Å². The molecule has 1 atom stereocenters. The quantitative estimate of drug-likeness (QED) is 0.514. The lowest BCUT2D eigenvalue weighted by molar-refractivity contribution is -0.120. The molecule has 4 rings (SSSR count). The molecule has 0 bridgehead atoms. The van der Waals surface area contributed by atoms with Crippen molar-refractivity contribution in [1.82, 2.24) is 14.5 Å². The zero-order valence-corrected chi connectivity index (χ0v) is 20.3. The first-order valence-corrected chi connectivity index (χ1v) is 11.8. The minimum absolute atomic E-state index is 0.0677. The van der Waals surface area contributed by atoms with Crippen molar-refractivity contribution in [2.75, 3.05) is 36.5 Å². The molecule has 1 saturated heterocycles. The fourth-order valence-corrected chi connectivity index (χ4v) is 3.99. The Balaban J connectivity index is 1.65. The Labute approximate surface area is 202 Å². The van der Waals surface area contributed by atoms with Crippen molar-refractivity contribution in [3.63, 3.8) is 0 Å². The van der Waals surface area contributed by atoms with Gasteiger partial charge in [-0.05, 0) is 38.1 Å². The fourth-order valence-electron chi connectivity index (χ4n) is 3.85. The molecule has 0 amide bonds. The molecule has 2 aromatic heterocycles. The van der Waals surface area contributed by atoms with E-state index >= 15 is 0 Å². The van der Waals surface area contributed by atoms with Crippen LogP contribution in [0.2, 0.25) is 5.02 Å². The molecule has 9 nitrogen and oxygen atoms in total. The van der Waals surface area contributed by atoms with E-state index in [4.69, 9.17) is 21.1 Å². The first-order valence-electron chi connectivity index (χ1n) is 11.4. The number of aryl methyl sites for hydroxylation is 1. The number of ether oxygens (including phenoxy) is 2. The summed E-state index contributed by atoms with van der Waals surface area (Å²) in [5.74, 6) is 1.15. The molecule has 0 aliphatic carbocycles. The van der Waals surface area contributed by atoms with Gasteiger partial charge in [0, 0.05) is 37.1 Å². The van der Waals surface area contributed by atoms with Gasteiger partial charge in [0.15, 0.2) is 17.4 Å². The number of nitrogens with zero attached hydrogens (tertiary/aromatic N) is 4. The summed E-state index contributed by atoms with van der Waals surface area (Å²) in [6.07, 6.45) is 2.04. The molecule has 0 saturated carbocycles. The maximum Gasteiger partial charge on any atom is 0.293 e. The van der Waals surface area contributed by atoms with Crippen molar-refractivity contribution in [3.05, 3.63) is 45.8 Å². The Morgan fingerprint density at radius 1 is 1.32 bits per heavy atom. The predicted octanol–water partition coefficient (Wildman–Crippen LogP) is 3.79. The minimum atomic E-state index is -0.261. The maximum absolute atomic E-state index is 12.8. The molecule has 3 heterocycles. The average molecular weight is 486 g/mol. The highest BCUT2D eigenvalue weighted by molar-refractivity contribution is 6.32. The van der Waals surface area contributed by atoms with Crippen molar-refractivity contribution in [3.8, 4) is 5.75 Å². The molecule has 1 N–H and O–H groups in total. The summed E-state index contributed by atoms with van der Waals surface area (Å²) in [6, 6.07) is 7.29. The zero-order valence-electron chi connectivity index (χ0n) is 19.5. The molecule has 0 spiro atoms. The summed E-state index contributed by atoms with van der Waals surface area (Å²) in [5.41, 5.74) is 1.25. The van der Waals surface area contributed by atoms with Gasteiger partial charge < -0.3 is 24.3 Å². The Morgan fingerprint density at radius 2 is 2.15 bits per heavy atom. The topological polar surface area (TPSA) is 98.6 Å². The molecular formula is C24H28ClN5O4. The van der Waals surface area contributed by atoms with Crippen LogP contribution in [0.4, 0.5) is 17.5 Å². The number of morpholine rings is 1. The second-order valence-corrected chi connectivity index (χ2v) is 8.54. The Hall–Kier alpha value is -3.17. The number of rotatable bonds is 8. The Morgan fingerprint density at radius 3 is 2.88 bits per heavy atom. The number of halogens is 1. The Bertz CT molecular complexity index is 1260. The molecule has 1 aliphatic heterocycles. The third kappa shape index (κ3) is 5.15. The van der Waals surface area contributed by atoms with Crippen molar-refractivity contribution in [1.29, 1.82) is 0 Å². The summed E-state index contributed by atoms with van der Waals surface area (Å²) in [4.78, 5) is 35.6. The fraction of sp³-hybridized carbons (Fsp3) is 0.417. The van der Waals surface area contributed by atoms with E-state index in [9.17, 15) is 9.59 Å². The lowest BCUT2D eigenvalue weighted by Crippen LogP contribution is -2.42. The number of benzene rings is 1. The third-order valence-corrected chi connectivity index (χ3v) is 5.95. The maximum atomic E-state index is 12.8. The second kappa shape index (κ2) is 10.4. The van der Waals surface area contributed by atoms with Gasteiger partial charge in [0.1, 0.15) is 11.6 Å². The number of hydrogen-bond acceptors (Lipinski definition) is 8. The molecule has 1 aromatic carbocycles. The highest BCUT2D eigenvalue weighted by Gasteiger charge is 2.20. The van der Waals surface area contributed by atoms with E-state index in [2.05, 4.69) is 20.2 Å². The molecule has 1 fully saturated rings. The molecule has 34 heavy (non-hydrogen) atoms. The first-order chi connectivity index (χ1) is 16.4. The largest absolute Gasteiger partial charge is 0.480 e. The van der Waals surface area contributed by atoms with Crippen molar-refractivity contribution >= 4 is 45.7 Å². The average Bonchev–Trinajstić information content (AvgIpc) is 2.84. The number of aromatic nitrogens is 3. The van der Waals surface area contributed by atoms with Gasteiger partial charge in [-0.3, -0.25) is 9.59 Å². The number of ketones is 1. The van der Waals surface area contributed by atoms with Crippen LogP contribution < -0.4 is 20.5 Å². The summed E-state index contributed by atoms with van der Waals surface area (Å²) in [6.45, 7) is 8.04. The van der Waals surface area contributed by atoms with E-state index in [0.717, 1.165) is 16.6 Å². The highest BCUT2D eigenvalue weighted by Crippen LogP contribution is 2.28. The number of fused-ring (bicyclic) bond motifs is 1. The smallest absolute Gasteiger partial charge is 0.293 e. The van der Waals surface area contributed by atoms with Gasteiger partial charge in [0.05, 0.1) is 24.4 Å². The van der Waals surface area contributed by atoms with E-state index in [1.165, 1.54) is 0 Å². The van der Waals surface area contributed by atoms with Crippen LogP contribution in [0, 0.1) is 0 Å². The molecule has 10 heteroatoms. The zero-order chi connectivity index (χ0) is 24.2. The molecule has 180 valence electrons. The first kappa shape index (κ1) is 24.0. The summed E-state index contributed by atoms with van der Waals surface area (Å²) in [7, 11) is 0. The van der Waals surface area contributed by atoms with Crippen molar-refractivity contribution in [2.45, 2.75) is 39.8 Å². The normalized spacial score (nSPS) is 16.0. The molecule has 0 radical (unpaired) electrons. The lowest BCUT2D eigenvalue weighted by Gasteiger charge is -2.31.